The Kier molecular flexibility index (Phi) is 6.40. The lowest BCUT2D eigenvalue weighted by molar-refractivity contribution is 0.110. The largest absolute Gasteiger partial charge is 0.372 e. The molecule has 0 atom stereocenters. The van der Waals surface area contributed by atoms with Crippen molar-refractivity contribution in [2.45, 2.75) is 13.2 Å². The molecule has 1 aromatic heterocycles. The lowest BCUT2D eigenvalue weighted by Crippen LogP contribution is -1.97. The van der Waals surface area contributed by atoms with E-state index < -0.39 is 0 Å². The molecule has 9 rings (SSSR count). The Hall–Kier alpha value is -5.70. The molecule has 1 aliphatic rings. The van der Waals surface area contributed by atoms with E-state index in [4.69, 9.17) is 4.74 Å². The molecule has 218 valence electrons. The Labute approximate surface area is 268 Å². The van der Waals surface area contributed by atoms with E-state index in [9.17, 15) is 0 Å². The number of nitrogens with zero attached hydrogens (tertiary/aromatic N) is 1. The van der Waals surface area contributed by atoms with E-state index in [1.807, 2.05) is 0 Å². The summed E-state index contributed by atoms with van der Waals surface area (Å²) >= 11 is 0. The van der Waals surface area contributed by atoms with E-state index in [1.54, 1.807) is 0 Å². The second kappa shape index (κ2) is 11.0. The zero-order valence-corrected chi connectivity index (χ0v) is 25.4. The maximum atomic E-state index is 6.21. The first-order chi connectivity index (χ1) is 22.8. The molecule has 0 spiro atoms. The standard InChI is InChI=1S/C44H31NO/c1-3-11-30(12-4-1)35-23-36(31-13-5-2-6-14-31)25-37(24-35)32-19-20-33-28-46-29-34-21-22-38(27-42(34)41(33)26-32)45-43-17-9-7-15-39(43)40-16-8-10-18-44(40)45/h1-27H,28-29H2. The van der Waals surface area contributed by atoms with Gasteiger partial charge >= 0.3 is 0 Å². The molecule has 0 amide bonds. The summed E-state index contributed by atoms with van der Waals surface area (Å²) in [5.41, 5.74) is 15.7. The van der Waals surface area contributed by atoms with Crippen LogP contribution in [0.5, 0.6) is 0 Å². The molecular weight excluding hydrogens is 558 g/mol. The third-order valence-electron chi connectivity index (χ3n) is 9.33. The fourth-order valence-electron chi connectivity index (χ4n) is 7.07. The summed E-state index contributed by atoms with van der Waals surface area (Å²) in [6.45, 7) is 1.18. The molecule has 0 saturated carbocycles. The average Bonchev–Trinajstić information content (AvgIpc) is 3.35. The highest BCUT2D eigenvalue weighted by Crippen LogP contribution is 2.40. The van der Waals surface area contributed by atoms with Crippen LogP contribution in [0.15, 0.2) is 164 Å². The number of fused-ring (bicyclic) bond motifs is 6. The number of rotatable bonds is 4. The summed E-state index contributed by atoms with van der Waals surface area (Å²) in [6, 6.07) is 59.4. The van der Waals surface area contributed by atoms with Crippen molar-refractivity contribution < 1.29 is 4.74 Å². The fraction of sp³-hybridized carbons (Fsp3) is 0.0455. The van der Waals surface area contributed by atoms with Crippen LogP contribution in [0.25, 0.3) is 72.0 Å². The van der Waals surface area contributed by atoms with Gasteiger partial charge in [-0.25, -0.2) is 0 Å². The zero-order valence-electron chi connectivity index (χ0n) is 25.4. The molecule has 1 aliphatic heterocycles. The lowest BCUT2D eigenvalue weighted by Gasteiger charge is -2.16. The van der Waals surface area contributed by atoms with Crippen molar-refractivity contribution in [1.82, 2.24) is 4.57 Å². The van der Waals surface area contributed by atoms with E-state index in [0.717, 1.165) is 5.69 Å². The zero-order chi connectivity index (χ0) is 30.5. The number of ether oxygens (including phenoxy) is 1. The van der Waals surface area contributed by atoms with Gasteiger partial charge in [0.2, 0.25) is 0 Å². The minimum Gasteiger partial charge on any atom is -0.372 e. The Bertz CT molecular complexity index is 2270. The third kappa shape index (κ3) is 4.54. The van der Waals surface area contributed by atoms with Crippen LogP contribution in [0.1, 0.15) is 11.1 Å². The number of aromatic nitrogens is 1. The van der Waals surface area contributed by atoms with Gasteiger partial charge < -0.3 is 9.30 Å². The highest BCUT2D eigenvalue weighted by molar-refractivity contribution is 6.09. The SMILES string of the molecule is c1ccc(-c2cc(-c3ccccc3)cc(-c3ccc4c(c3)-c3cc(-n5c6ccccc6c6ccccc65)ccc3COC4)c2)cc1. The molecule has 0 saturated heterocycles. The highest BCUT2D eigenvalue weighted by atomic mass is 16.5. The first-order valence-corrected chi connectivity index (χ1v) is 15.9. The monoisotopic (exact) mass is 589 g/mol. The summed E-state index contributed by atoms with van der Waals surface area (Å²) in [6.07, 6.45) is 0. The van der Waals surface area contributed by atoms with Crippen molar-refractivity contribution in [3.63, 3.8) is 0 Å². The minimum atomic E-state index is 0.592. The summed E-state index contributed by atoms with van der Waals surface area (Å²) in [4.78, 5) is 0. The van der Waals surface area contributed by atoms with E-state index in [-0.39, 0.29) is 0 Å². The van der Waals surface area contributed by atoms with Gasteiger partial charge in [0.15, 0.2) is 0 Å². The van der Waals surface area contributed by atoms with Gasteiger partial charge in [0, 0.05) is 16.5 Å². The van der Waals surface area contributed by atoms with Gasteiger partial charge in [-0.15, -0.1) is 0 Å². The molecule has 2 heteroatoms. The summed E-state index contributed by atoms with van der Waals surface area (Å²) in [5.74, 6) is 0. The third-order valence-corrected chi connectivity index (χ3v) is 9.33. The van der Waals surface area contributed by atoms with E-state index in [2.05, 4.69) is 168 Å². The van der Waals surface area contributed by atoms with Crippen LogP contribution in [0.3, 0.4) is 0 Å². The van der Waals surface area contributed by atoms with Crippen LogP contribution >= 0.6 is 0 Å². The van der Waals surface area contributed by atoms with Crippen LogP contribution in [-0.4, -0.2) is 4.57 Å². The van der Waals surface area contributed by atoms with Crippen LogP contribution < -0.4 is 0 Å². The average molecular weight is 590 g/mol. The molecule has 0 unspecified atom stereocenters. The van der Waals surface area contributed by atoms with Gasteiger partial charge in [-0.2, -0.15) is 0 Å². The smallest absolute Gasteiger partial charge is 0.0727 e. The van der Waals surface area contributed by atoms with E-state index in [0.29, 0.717) is 13.2 Å². The van der Waals surface area contributed by atoms with Crippen LogP contribution in [0, 0.1) is 0 Å². The number of benzene rings is 7. The van der Waals surface area contributed by atoms with Crippen molar-refractivity contribution in [3.05, 3.63) is 175 Å². The van der Waals surface area contributed by atoms with Crippen molar-refractivity contribution in [2.75, 3.05) is 0 Å². The van der Waals surface area contributed by atoms with Gasteiger partial charge in [0.25, 0.3) is 0 Å². The maximum absolute atomic E-state index is 6.21. The van der Waals surface area contributed by atoms with Gasteiger partial charge in [-0.1, -0.05) is 115 Å². The normalized spacial score (nSPS) is 12.5. The van der Waals surface area contributed by atoms with Crippen LogP contribution in [0.2, 0.25) is 0 Å². The minimum absolute atomic E-state index is 0.592. The molecule has 2 nitrogen and oxygen atoms in total. The topological polar surface area (TPSA) is 14.2 Å². The second-order valence-corrected chi connectivity index (χ2v) is 12.1. The molecule has 0 N–H and O–H groups in total. The molecule has 8 aromatic rings. The number of para-hydroxylation sites is 2. The summed E-state index contributed by atoms with van der Waals surface area (Å²) in [7, 11) is 0. The highest BCUT2D eigenvalue weighted by Gasteiger charge is 2.19. The molecule has 2 heterocycles. The van der Waals surface area contributed by atoms with Crippen LogP contribution in [-0.2, 0) is 18.0 Å². The Balaban J connectivity index is 1.23. The van der Waals surface area contributed by atoms with Gasteiger partial charge in [-0.3, -0.25) is 0 Å². The molecule has 46 heavy (non-hydrogen) atoms. The number of hydrogen-bond donors (Lipinski definition) is 0. The predicted molar refractivity (Wildman–Crippen MR) is 191 cm³/mol. The Morgan fingerprint density at radius 3 is 1.43 bits per heavy atom. The van der Waals surface area contributed by atoms with Gasteiger partial charge in [-0.05, 0) is 104 Å². The molecule has 0 aliphatic carbocycles. The summed E-state index contributed by atoms with van der Waals surface area (Å²) < 4.78 is 8.61. The first-order valence-electron chi connectivity index (χ1n) is 15.9. The van der Waals surface area contributed by atoms with Gasteiger partial charge in [0.05, 0.1) is 24.2 Å². The molecular formula is C44H31NO. The van der Waals surface area contributed by atoms with Gasteiger partial charge in [0.1, 0.15) is 0 Å². The van der Waals surface area contributed by atoms with E-state index >= 15 is 0 Å². The second-order valence-electron chi connectivity index (χ2n) is 12.1. The number of hydrogen-bond acceptors (Lipinski definition) is 1. The predicted octanol–water partition coefficient (Wildman–Crippen LogP) is 11.5. The first kappa shape index (κ1) is 26.7. The van der Waals surface area contributed by atoms with Crippen molar-refractivity contribution in [1.29, 1.82) is 0 Å². The summed E-state index contributed by atoms with van der Waals surface area (Å²) in [5, 5.41) is 2.54. The quantitative estimate of drug-likeness (QED) is 0.199. The fourth-order valence-corrected chi connectivity index (χ4v) is 7.07. The Morgan fingerprint density at radius 1 is 0.370 bits per heavy atom. The molecule has 0 bridgehead atoms. The van der Waals surface area contributed by atoms with E-state index in [1.165, 1.54) is 77.4 Å². The maximum Gasteiger partial charge on any atom is 0.0727 e. The molecule has 7 aromatic carbocycles. The molecule has 0 radical (unpaired) electrons. The van der Waals surface area contributed by atoms with Crippen molar-refractivity contribution >= 4 is 21.8 Å². The lowest BCUT2D eigenvalue weighted by atomic mass is 9.90. The van der Waals surface area contributed by atoms with Crippen molar-refractivity contribution in [2.24, 2.45) is 0 Å². The Morgan fingerprint density at radius 2 is 0.848 bits per heavy atom. The van der Waals surface area contributed by atoms with Crippen LogP contribution in [0.4, 0.5) is 0 Å². The molecule has 0 fully saturated rings. The van der Waals surface area contributed by atoms with Crippen molar-refractivity contribution in [3.8, 4) is 50.2 Å².